The van der Waals surface area contributed by atoms with Gasteiger partial charge in [0, 0.05) is 45.0 Å². The highest BCUT2D eigenvalue weighted by atomic mass is 127. The Kier molecular flexibility index (Phi) is 7.75. The number of hydrogen-bond donors (Lipinski definition) is 3. The minimum absolute atomic E-state index is 0. The topological polar surface area (TPSA) is 59.9 Å². The van der Waals surface area contributed by atoms with E-state index in [1.807, 2.05) is 18.8 Å². The van der Waals surface area contributed by atoms with Crippen molar-refractivity contribution in [3.8, 4) is 0 Å². The van der Waals surface area contributed by atoms with Gasteiger partial charge < -0.3 is 20.6 Å². The van der Waals surface area contributed by atoms with Crippen molar-refractivity contribution in [1.82, 2.24) is 15.5 Å². The molecule has 7 heteroatoms. The quantitative estimate of drug-likeness (QED) is 0.334. The summed E-state index contributed by atoms with van der Waals surface area (Å²) in [7, 11) is 1.81. The normalized spacial score (nSPS) is 30.1. The summed E-state index contributed by atoms with van der Waals surface area (Å²) in [5.41, 5.74) is -0.560. The lowest BCUT2D eigenvalue weighted by atomic mass is 10.0. The largest absolute Gasteiger partial charge is 0.387 e. The minimum atomic E-state index is -0.560. The number of guanidine groups is 1. The Morgan fingerprint density at radius 3 is 2.61 bits per heavy atom. The fourth-order valence-electron chi connectivity index (χ4n) is 3.30. The summed E-state index contributed by atoms with van der Waals surface area (Å²) in [6, 6.07) is 0.509. The molecule has 3 aliphatic rings. The van der Waals surface area contributed by atoms with Crippen molar-refractivity contribution in [2.45, 2.75) is 43.7 Å². The number of hydrogen-bond acceptors (Lipinski definition) is 4. The van der Waals surface area contributed by atoms with Crippen molar-refractivity contribution in [3.05, 3.63) is 0 Å². The van der Waals surface area contributed by atoms with Gasteiger partial charge in [0.25, 0.3) is 0 Å². The number of rotatable bonds is 5. The van der Waals surface area contributed by atoms with Gasteiger partial charge in [-0.2, -0.15) is 11.8 Å². The molecule has 0 aromatic carbocycles. The summed E-state index contributed by atoms with van der Waals surface area (Å²) in [6.45, 7) is 4.31. The first-order valence-corrected chi connectivity index (χ1v) is 9.82. The molecule has 0 aromatic rings. The molecule has 2 heterocycles. The van der Waals surface area contributed by atoms with Crippen LogP contribution in [0.25, 0.3) is 0 Å². The van der Waals surface area contributed by atoms with E-state index >= 15 is 0 Å². The monoisotopic (exact) mass is 454 g/mol. The predicted octanol–water partition coefficient (Wildman–Crippen LogP) is 1.51. The van der Waals surface area contributed by atoms with Gasteiger partial charge in [-0.05, 0) is 43.8 Å². The number of nitrogens with one attached hydrogen (secondary N) is 2. The van der Waals surface area contributed by atoms with Crippen molar-refractivity contribution < 1.29 is 5.11 Å². The predicted molar refractivity (Wildman–Crippen MR) is 109 cm³/mol. The molecule has 2 saturated heterocycles. The summed E-state index contributed by atoms with van der Waals surface area (Å²) in [6.07, 6.45) is 6.13. The van der Waals surface area contributed by atoms with Crippen LogP contribution in [-0.2, 0) is 0 Å². The maximum absolute atomic E-state index is 10.4. The van der Waals surface area contributed by atoms with Crippen LogP contribution >= 0.6 is 35.7 Å². The van der Waals surface area contributed by atoms with E-state index in [9.17, 15) is 5.11 Å². The molecule has 1 atom stereocenters. The van der Waals surface area contributed by atoms with E-state index in [1.54, 1.807) is 0 Å². The highest BCUT2D eigenvalue weighted by Gasteiger charge is 2.32. The molecule has 1 saturated carbocycles. The van der Waals surface area contributed by atoms with Crippen LogP contribution in [0.5, 0.6) is 0 Å². The Bertz CT molecular complexity index is 392. The highest BCUT2D eigenvalue weighted by molar-refractivity contribution is 14.0. The molecule has 3 rings (SSSR count). The Labute approximate surface area is 161 Å². The average molecular weight is 454 g/mol. The number of thioether (sulfide) groups is 1. The van der Waals surface area contributed by atoms with Crippen LogP contribution in [0, 0.1) is 5.92 Å². The molecule has 0 spiro atoms. The first-order valence-electron chi connectivity index (χ1n) is 8.66. The van der Waals surface area contributed by atoms with Gasteiger partial charge in [0.15, 0.2) is 5.96 Å². The summed E-state index contributed by atoms with van der Waals surface area (Å²) in [5.74, 6) is 3.72. The third kappa shape index (κ3) is 6.25. The van der Waals surface area contributed by atoms with Crippen LogP contribution in [-0.4, -0.2) is 72.3 Å². The van der Waals surface area contributed by atoms with E-state index in [0.29, 0.717) is 12.6 Å². The van der Waals surface area contributed by atoms with Gasteiger partial charge in [0.05, 0.1) is 5.60 Å². The number of aliphatic hydroxyl groups is 1. The number of halogens is 1. The van der Waals surface area contributed by atoms with Gasteiger partial charge in [-0.15, -0.1) is 24.0 Å². The van der Waals surface area contributed by atoms with Crippen molar-refractivity contribution in [2.75, 3.05) is 44.7 Å². The van der Waals surface area contributed by atoms with Gasteiger partial charge in [-0.3, -0.25) is 4.99 Å². The Morgan fingerprint density at radius 2 is 2.04 bits per heavy atom. The molecular weight excluding hydrogens is 423 g/mol. The molecule has 3 N–H and O–H groups in total. The average Bonchev–Trinajstić information content (AvgIpc) is 3.24. The molecule has 3 fully saturated rings. The molecule has 2 aliphatic heterocycles. The molecule has 5 nitrogen and oxygen atoms in total. The second-order valence-corrected chi connectivity index (χ2v) is 8.22. The summed E-state index contributed by atoms with van der Waals surface area (Å²) in [4.78, 5) is 6.93. The second kappa shape index (κ2) is 9.10. The van der Waals surface area contributed by atoms with Gasteiger partial charge in [0.2, 0.25) is 0 Å². The smallest absolute Gasteiger partial charge is 0.191 e. The molecule has 0 aromatic heterocycles. The molecule has 0 bridgehead atoms. The lowest BCUT2D eigenvalue weighted by molar-refractivity contribution is 0.0723. The molecule has 134 valence electrons. The number of nitrogens with zero attached hydrogens (tertiary/aromatic N) is 2. The number of likely N-dealkylation sites (tertiary alicyclic amines) is 1. The maximum atomic E-state index is 10.4. The molecule has 23 heavy (non-hydrogen) atoms. The third-order valence-corrected chi connectivity index (χ3v) is 6.27. The van der Waals surface area contributed by atoms with Crippen LogP contribution < -0.4 is 10.6 Å². The van der Waals surface area contributed by atoms with Gasteiger partial charge >= 0.3 is 0 Å². The zero-order chi connectivity index (χ0) is 15.4. The van der Waals surface area contributed by atoms with E-state index in [2.05, 4.69) is 20.5 Å². The Balaban J connectivity index is 0.00000192. The van der Waals surface area contributed by atoms with Gasteiger partial charge in [-0.1, -0.05) is 0 Å². The Hall–Kier alpha value is 0.270. The summed E-state index contributed by atoms with van der Waals surface area (Å²) >= 11 is 1.83. The van der Waals surface area contributed by atoms with E-state index in [-0.39, 0.29) is 24.0 Å². The minimum Gasteiger partial charge on any atom is -0.387 e. The van der Waals surface area contributed by atoms with E-state index < -0.39 is 5.60 Å². The molecule has 0 amide bonds. The van der Waals surface area contributed by atoms with Gasteiger partial charge in [-0.25, -0.2) is 0 Å². The lowest BCUT2D eigenvalue weighted by Crippen LogP contribution is -2.52. The van der Waals surface area contributed by atoms with Crippen LogP contribution in [0.2, 0.25) is 0 Å². The Morgan fingerprint density at radius 1 is 1.30 bits per heavy atom. The van der Waals surface area contributed by atoms with Crippen LogP contribution in [0.1, 0.15) is 32.1 Å². The lowest BCUT2D eigenvalue weighted by Gasteiger charge is -2.33. The fourth-order valence-corrected chi connectivity index (χ4v) is 4.59. The van der Waals surface area contributed by atoms with Crippen LogP contribution in [0.4, 0.5) is 0 Å². The summed E-state index contributed by atoms with van der Waals surface area (Å²) < 4.78 is 0. The van der Waals surface area contributed by atoms with E-state index in [0.717, 1.165) is 29.8 Å². The first kappa shape index (κ1) is 19.6. The summed E-state index contributed by atoms with van der Waals surface area (Å²) in [5, 5.41) is 17.2. The second-order valence-electron chi connectivity index (χ2n) is 7.12. The maximum Gasteiger partial charge on any atom is 0.191 e. The van der Waals surface area contributed by atoms with E-state index in [1.165, 1.54) is 45.3 Å². The van der Waals surface area contributed by atoms with Crippen molar-refractivity contribution in [3.63, 3.8) is 0 Å². The fraction of sp³-hybridized carbons (Fsp3) is 0.938. The van der Waals surface area contributed by atoms with Crippen molar-refractivity contribution in [2.24, 2.45) is 10.9 Å². The number of aliphatic imine (C=N–C) groups is 1. The van der Waals surface area contributed by atoms with Crippen LogP contribution in [0.3, 0.4) is 0 Å². The SMILES string of the molecule is CN=C(NCC1(O)CCSC1)NC1CCN(CC2CC2)CC1.I. The van der Waals surface area contributed by atoms with Crippen LogP contribution in [0.15, 0.2) is 4.99 Å². The zero-order valence-corrected chi connectivity index (χ0v) is 17.2. The number of piperidine rings is 1. The molecule has 1 aliphatic carbocycles. The molecule has 0 radical (unpaired) electrons. The standard InChI is InChI=1S/C16H30N4OS.HI/c1-17-15(18-11-16(21)6-9-22-12-16)19-14-4-7-20(8-5-14)10-13-2-3-13;/h13-14,21H,2-12H2,1H3,(H2,17,18,19);1H. The zero-order valence-electron chi connectivity index (χ0n) is 14.1. The first-order chi connectivity index (χ1) is 10.7. The highest BCUT2D eigenvalue weighted by Crippen LogP contribution is 2.30. The third-order valence-electron chi connectivity index (χ3n) is 5.03. The molecular formula is C16H31IN4OS. The van der Waals surface area contributed by atoms with Crippen molar-refractivity contribution in [1.29, 1.82) is 0 Å². The van der Waals surface area contributed by atoms with E-state index in [4.69, 9.17) is 0 Å². The van der Waals surface area contributed by atoms with Gasteiger partial charge in [0.1, 0.15) is 0 Å². The molecule has 1 unspecified atom stereocenters. The van der Waals surface area contributed by atoms with Crippen molar-refractivity contribution >= 4 is 41.7 Å².